The highest BCUT2D eigenvalue weighted by atomic mass is 35.5. The summed E-state index contributed by atoms with van der Waals surface area (Å²) >= 11 is 6.06. The Bertz CT molecular complexity index is 620. The molecule has 0 bridgehead atoms. The van der Waals surface area contributed by atoms with Crippen LogP contribution in [0.2, 0.25) is 5.02 Å². The first-order valence-electron chi connectivity index (χ1n) is 6.83. The van der Waals surface area contributed by atoms with Gasteiger partial charge in [-0.05, 0) is 36.2 Å². The number of ether oxygens (including phenoxy) is 1. The van der Waals surface area contributed by atoms with Gasteiger partial charge in [0.05, 0.1) is 5.56 Å². The van der Waals surface area contributed by atoms with Gasteiger partial charge in [0.2, 0.25) is 0 Å². The molecule has 0 aromatic heterocycles. The number of rotatable bonds is 6. The van der Waals surface area contributed by atoms with Crippen molar-refractivity contribution in [3.63, 3.8) is 0 Å². The van der Waals surface area contributed by atoms with Crippen molar-refractivity contribution in [1.29, 1.82) is 0 Å². The van der Waals surface area contributed by atoms with Crippen molar-refractivity contribution in [3.05, 3.63) is 64.2 Å². The highest BCUT2D eigenvalue weighted by Crippen LogP contribution is 2.21. The average Bonchev–Trinajstić information content (AvgIpc) is 2.47. The predicted molar refractivity (Wildman–Crippen MR) is 83.2 cm³/mol. The normalized spacial score (nSPS) is 10.4. The molecule has 4 heteroatoms. The first kappa shape index (κ1) is 15.4. The zero-order valence-corrected chi connectivity index (χ0v) is 12.6. The van der Waals surface area contributed by atoms with Crippen LogP contribution in [0.25, 0.3) is 0 Å². The van der Waals surface area contributed by atoms with Gasteiger partial charge in [-0.2, -0.15) is 0 Å². The Hall–Kier alpha value is -2.00. The summed E-state index contributed by atoms with van der Waals surface area (Å²) in [4.78, 5) is 10.8. The molecule has 0 amide bonds. The molecular weight excluding hydrogens is 288 g/mol. The second-order valence-electron chi connectivity index (χ2n) is 4.79. The fourth-order valence-corrected chi connectivity index (χ4v) is 2.23. The molecule has 2 aromatic carbocycles. The summed E-state index contributed by atoms with van der Waals surface area (Å²) in [6, 6.07) is 12.6. The summed E-state index contributed by atoms with van der Waals surface area (Å²) in [6.07, 6.45) is 2.18. The van der Waals surface area contributed by atoms with E-state index in [2.05, 4.69) is 6.92 Å². The largest absolute Gasteiger partial charge is 0.489 e. The molecule has 0 spiro atoms. The molecule has 1 N–H and O–H groups in total. The summed E-state index contributed by atoms with van der Waals surface area (Å²) in [5.41, 5.74) is 2.22. The third-order valence-electron chi connectivity index (χ3n) is 3.16. The minimum absolute atomic E-state index is 0.174. The Morgan fingerprint density at radius 2 is 1.90 bits per heavy atom. The minimum atomic E-state index is -0.990. The summed E-state index contributed by atoms with van der Waals surface area (Å²) < 4.78 is 5.67. The first-order chi connectivity index (χ1) is 10.1. The fraction of sp³-hybridized carbons (Fsp3) is 0.235. The topological polar surface area (TPSA) is 46.5 Å². The molecule has 3 nitrogen and oxygen atoms in total. The molecule has 0 atom stereocenters. The molecule has 0 heterocycles. The SMILES string of the molecule is CCCc1ccc(OCc2ccc(C(=O)O)cc2Cl)cc1. The maximum Gasteiger partial charge on any atom is 0.335 e. The van der Waals surface area contributed by atoms with Gasteiger partial charge in [-0.15, -0.1) is 0 Å². The van der Waals surface area contributed by atoms with Gasteiger partial charge in [0, 0.05) is 10.6 Å². The predicted octanol–water partition coefficient (Wildman–Crippen LogP) is 4.57. The van der Waals surface area contributed by atoms with Crippen LogP contribution in [-0.2, 0) is 13.0 Å². The Morgan fingerprint density at radius 3 is 2.48 bits per heavy atom. The molecule has 0 fully saturated rings. The lowest BCUT2D eigenvalue weighted by Gasteiger charge is -2.09. The molecule has 2 aromatic rings. The van der Waals surface area contributed by atoms with E-state index >= 15 is 0 Å². The minimum Gasteiger partial charge on any atom is -0.489 e. The maximum atomic E-state index is 10.8. The van der Waals surface area contributed by atoms with Gasteiger partial charge in [0.1, 0.15) is 12.4 Å². The van der Waals surface area contributed by atoms with E-state index < -0.39 is 5.97 Å². The van der Waals surface area contributed by atoms with Gasteiger partial charge < -0.3 is 9.84 Å². The monoisotopic (exact) mass is 304 g/mol. The molecule has 2 rings (SSSR count). The van der Waals surface area contributed by atoms with Gasteiger partial charge in [-0.25, -0.2) is 4.79 Å². The molecule has 110 valence electrons. The van der Waals surface area contributed by atoms with Crippen molar-refractivity contribution in [3.8, 4) is 5.75 Å². The third kappa shape index (κ3) is 4.23. The number of carboxylic acids is 1. The van der Waals surface area contributed by atoms with Crippen LogP contribution in [-0.4, -0.2) is 11.1 Å². The molecule has 0 saturated carbocycles. The lowest BCUT2D eigenvalue weighted by atomic mass is 10.1. The number of halogens is 1. The Morgan fingerprint density at radius 1 is 1.19 bits per heavy atom. The molecule has 0 aliphatic heterocycles. The van der Waals surface area contributed by atoms with Crippen LogP contribution in [0.5, 0.6) is 5.75 Å². The average molecular weight is 305 g/mol. The first-order valence-corrected chi connectivity index (χ1v) is 7.21. The van der Waals surface area contributed by atoms with Crippen LogP contribution >= 0.6 is 11.6 Å². The van der Waals surface area contributed by atoms with Gasteiger partial charge in [0.15, 0.2) is 0 Å². The zero-order chi connectivity index (χ0) is 15.2. The lowest BCUT2D eigenvalue weighted by Crippen LogP contribution is -2.00. The molecule has 0 aliphatic carbocycles. The van der Waals surface area contributed by atoms with Crippen LogP contribution in [0.1, 0.15) is 34.8 Å². The Kier molecular flexibility index (Phi) is 5.23. The van der Waals surface area contributed by atoms with Crippen molar-refractivity contribution in [1.82, 2.24) is 0 Å². The molecule has 0 saturated heterocycles. The summed E-state index contributed by atoms with van der Waals surface area (Å²) in [7, 11) is 0. The number of carboxylic acid groups (broad SMARTS) is 1. The maximum absolute atomic E-state index is 10.8. The van der Waals surface area contributed by atoms with E-state index in [0.717, 1.165) is 24.2 Å². The lowest BCUT2D eigenvalue weighted by molar-refractivity contribution is 0.0697. The zero-order valence-electron chi connectivity index (χ0n) is 11.8. The summed E-state index contributed by atoms with van der Waals surface area (Å²) in [5.74, 6) is -0.218. The van der Waals surface area contributed by atoms with E-state index in [9.17, 15) is 4.79 Å². The third-order valence-corrected chi connectivity index (χ3v) is 3.51. The number of benzene rings is 2. The van der Waals surface area contributed by atoms with Crippen LogP contribution < -0.4 is 4.74 Å². The van der Waals surface area contributed by atoms with Gasteiger partial charge >= 0.3 is 5.97 Å². The van der Waals surface area contributed by atoms with Crippen LogP contribution in [0.3, 0.4) is 0 Å². The number of hydrogen-bond donors (Lipinski definition) is 1. The smallest absolute Gasteiger partial charge is 0.335 e. The molecule has 0 unspecified atom stereocenters. The van der Waals surface area contributed by atoms with E-state index in [1.54, 1.807) is 6.07 Å². The molecule has 0 aliphatic rings. The highest BCUT2D eigenvalue weighted by molar-refractivity contribution is 6.31. The van der Waals surface area contributed by atoms with Gasteiger partial charge in [-0.3, -0.25) is 0 Å². The van der Waals surface area contributed by atoms with Crippen molar-refractivity contribution in [2.24, 2.45) is 0 Å². The number of aromatic carboxylic acids is 1. The molecular formula is C17H17ClO3. The van der Waals surface area contributed by atoms with Crippen LogP contribution in [0.15, 0.2) is 42.5 Å². The quantitative estimate of drug-likeness (QED) is 0.850. The second kappa shape index (κ2) is 7.14. The van der Waals surface area contributed by atoms with E-state index in [0.29, 0.717) is 11.6 Å². The number of carbonyl (C=O) groups is 1. The second-order valence-corrected chi connectivity index (χ2v) is 5.20. The summed E-state index contributed by atoms with van der Waals surface area (Å²) in [5, 5.41) is 9.29. The van der Waals surface area contributed by atoms with Crippen molar-refractivity contribution < 1.29 is 14.6 Å². The number of aryl methyl sites for hydroxylation is 1. The van der Waals surface area contributed by atoms with Crippen molar-refractivity contribution in [2.45, 2.75) is 26.4 Å². The van der Waals surface area contributed by atoms with E-state index in [1.165, 1.54) is 17.7 Å². The van der Waals surface area contributed by atoms with E-state index in [1.807, 2.05) is 24.3 Å². The highest BCUT2D eigenvalue weighted by Gasteiger charge is 2.07. The summed E-state index contributed by atoms with van der Waals surface area (Å²) in [6.45, 7) is 2.46. The van der Waals surface area contributed by atoms with Crippen molar-refractivity contribution >= 4 is 17.6 Å². The molecule has 0 radical (unpaired) electrons. The Balaban J connectivity index is 2.01. The van der Waals surface area contributed by atoms with E-state index in [-0.39, 0.29) is 5.56 Å². The number of hydrogen-bond acceptors (Lipinski definition) is 2. The van der Waals surface area contributed by atoms with Gasteiger partial charge in [-0.1, -0.05) is 43.1 Å². The Labute approximate surface area is 129 Å². The van der Waals surface area contributed by atoms with Crippen LogP contribution in [0.4, 0.5) is 0 Å². The van der Waals surface area contributed by atoms with E-state index in [4.69, 9.17) is 21.4 Å². The van der Waals surface area contributed by atoms with Crippen molar-refractivity contribution in [2.75, 3.05) is 0 Å². The van der Waals surface area contributed by atoms with Gasteiger partial charge in [0.25, 0.3) is 0 Å². The van der Waals surface area contributed by atoms with Crippen LogP contribution in [0, 0.1) is 0 Å². The fourth-order valence-electron chi connectivity index (χ4n) is 2.00. The molecule has 21 heavy (non-hydrogen) atoms. The standard InChI is InChI=1S/C17H17ClO3/c1-2-3-12-4-8-15(9-5-12)21-11-14-7-6-13(17(19)20)10-16(14)18/h4-10H,2-3,11H2,1H3,(H,19,20).